The number of nitrogens with zero attached hydrogens (tertiary/aromatic N) is 2. The van der Waals surface area contributed by atoms with Crippen LogP contribution in [0.25, 0.3) is 0 Å². The van der Waals surface area contributed by atoms with Crippen molar-refractivity contribution in [2.45, 2.75) is 6.92 Å². The van der Waals surface area contributed by atoms with E-state index in [-0.39, 0.29) is 0 Å². The fourth-order valence-electron chi connectivity index (χ4n) is 0.822. The zero-order valence-electron chi connectivity index (χ0n) is 6.91. The van der Waals surface area contributed by atoms with Gasteiger partial charge >= 0.3 is 0 Å². The number of rotatable bonds is 1. The SMILES string of the molecule is C=C1/C(=N\C=C/C)C=CN1C. The average molecular weight is 148 g/mol. The predicted octanol–water partition coefficient (Wildman–Crippen LogP) is 1.93. The molecule has 0 saturated heterocycles. The third-order valence-electron chi connectivity index (χ3n) is 1.54. The lowest BCUT2D eigenvalue weighted by Gasteiger charge is -2.07. The molecule has 0 amide bonds. The topological polar surface area (TPSA) is 15.6 Å². The molecule has 1 aliphatic rings. The summed E-state index contributed by atoms with van der Waals surface area (Å²) in [7, 11) is 1.96. The van der Waals surface area contributed by atoms with Crippen LogP contribution in [0.5, 0.6) is 0 Å². The Kier molecular flexibility index (Phi) is 2.26. The molecule has 0 N–H and O–H groups in total. The smallest absolute Gasteiger partial charge is 0.0874 e. The Balaban J connectivity index is 2.77. The minimum atomic E-state index is 0.936. The number of hydrogen-bond donors (Lipinski definition) is 0. The third kappa shape index (κ3) is 1.58. The Labute approximate surface area is 67.2 Å². The highest BCUT2D eigenvalue weighted by atomic mass is 15.1. The van der Waals surface area contributed by atoms with E-state index < -0.39 is 0 Å². The summed E-state index contributed by atoms with van der Waals surface area (Å²) in [6.07, 6.45) is 7.56. The van der Waals surface area contributed by atoms with Gasteiger partial charge in [-0.25, -0.2) is 0 Å². The standard InChI is InChI=1S/C9H12N2/c1-4-6-10-9-5-7-11(3)8(9)2/h4-7H,2H2,1,3H3/b6-4-,10-9-. The Morgan fingerprint density at radius 2 is 2.36 bits per heavy atom. The van der Waals surface area contributed by atoms with Gasteiger partial charge in [-0.3, -0.25) is 4.99 Å². The van der Waals surface area contributed by atoms with Crippen molar-refractivity contribution in [2.24, 2.45) is 4.99 Å². The Bertz CT molecular complexity index is 246. The highest BCUT2D eigenvalue weighted by molar-refractivity contribution is 6.09. The number of allylic oxidation sites excluding steroid dienone is 2. The minimum absolute atomic E-state index is 0.936. The van der Waals surface area contributed by atoms with Gasteiger partial charge in [0.05, 0.1) is 11.4 Å². The van der Waals surface area contributed by atoms with Crippen molar-refractivity contribution in [3.05, 3.63) is 36.8 Å². The molecule has 0 aliphatic carbocycles. The first-order valence-electron chi connectivity index (χ1n) is 3.55. The van der Waals surface area contributed by atoms with Gasteiger partial charge in [0.1, 0.15) is 0 Å². The van der Waals surface area contributed by atoms with Crippen LogP contribution in [-0.2, 0) is 0 Å². The van der Waals surface area contributed by atoms with E-state index in [4.69, 9.17) is 0 Å². The zero-order chi connectivity index (χ0) is 8.27. The van der Waals surface area contributed by atoms with Crippen molar-refractivity contribution in [3.63, 3.8) is 0 Å². The van der Waals surface area contributed by atoms with Gasteiger partial charge in [-0.1, -0.05) is 12.7 Å². The summed E-state index contributed by atoms with van der Waals surface area (Å²) in [6.45, 7) is 5.81. The Hall–Kier alpha value is -1.31. The first kappa shape index (κ1) is 7.79. The number of hydrogen-bond acceptors (Lipinski definition) is 2. The normalized spacial score (nSPS) is 21.1. The maximum Gasteiger partial charge on any atom is 0.0874 e. The summed E-state index contributed by atoms with van der Waals surface area (Å²) in [5.74, 6) is 0. The molecule has 2 nitrogen and oxygen atoms in total. The number of aliphatic imine (C=N–C) groups is 1. The molecule has 0 aromatic rings. The summed E-state index contributed by atoms with van der Waals surface area (Å²) in [5, 5.41) is 0. The maximum absolute atomic E-state index is 4.18. The monoisotopic (exact) mass is 148 g/mol. The van der Waals surface area contributed by atoms with E-state index in [1.54, 1.807) is 6.20 Å². The van der Waals surface area contributed by atoms with Crippen molar-refractivity contribution in [1.82, 2.24) is 4.90 Å². The van der Waals surface area contributed by atoms with Gasteiger partial charge in [0.15, 0.2) is 0 Å². The highest BCUT2D eigenvalue weighted by Crippen LogP contribution is 2.11. The second-order valence-corrected chi connectivity index (χ2v) is 2.37. The van der Waals surface area contributed by atoms with Crippen molar-refractivity contribution >= 4 is 5.71 Å². The van der Waals surface area contributed by atoms with Crippen LogP contribution in [-0.4, -0.2) is 17.7 Å². The van der Waals surface area contributed by atoms with Crippen LogP contribution in [0.4, 0.5) is 0 Å². The Morgan fingerprint density at radius 3 is 2.82 bits per heavy atom. The zero-order valence-corrected chi connectivity index (χ0v) is 6.91. The molecular weight excluding hydrogens is 136 g/mol. The van der Waals surface area contributed by atoms with Gasteiger partial charge in [-0.05, 0) is 13.0 Å². The summed E-state index contributed by atoms with van der Waals surface area (Å²) in [5.41, 5.74) is 1.88. The second kappa shape index (κ2) is 3.19. The van der Waals surface area contributed by atoms with Crippen molar-refractivity contribution in [3.8, 4) is 0 Å². The Morgan fingerprint density at radius 1 is 1.64 bits per heavy atom. The summed E-state index contributed by atoms with van der Waals surface area (Å²) in [6, 6.07) is 0. The average Bonchev–Trinajstić information content (AvgIpc) is 2.31. The van der Waals surface area contributed by atoms with Crippen LogP contribution in [0, 0.1) is 0 Å². The van der Waals surface area contributed by atoms with E-state index in [0.29, 0.717) is 0 Å². The molecule has 0 radical (unpaired) electrons. The molecule has 11 heavy (non-hydrogen) atoms. The van der Waals surface area contributed by atoms with Gasteiger partial charge in [-0.2, -0.15) is 0 Å². The quantitative estimate of drug-likeness (QED) is 0.554. The predicted molar refractivity (Wildman–Crippen MR) is 48.3 cm³/mol. The molecule has 1 rings (SSSR count). The fourth-order valence-corrected chi connectivity index (χ4v) is 0.822. The van der Waals surface area contributed by atoms with Crippen molar-refractivity contribution in [1.29, 1.82) is 0 Å². The van der Waals surface area contributed by atoms with Crippen molar-refractivity contribution in [2.75, 3.05) is 7.05 Å². The summed E-state index contributed by atoms with van der Waals surface area (Å²) >= 11 is 0. The molecule has 0 spiro atoms. The molecule has 0 fully saturated rings. The molecule has 0 bridgehead atoms. The highest BCUT2D eigenvalue weighted by Gasteiger charge is 2.09. The lowest BCUT2D eigenvalue weighted by molar-refractivity contribution is 0.615. The van der Waals surface area contributed by atoms with E-state index in [9.17, 15) is 0 Å². The van der Waals surface area contributed by atoms with Crippen LogP contribution in [0.3, 0.4) is 0 Å². The largest absolute Gasteiger partial charge is 0.350 e. The van der Waals surface area contributed by atoms with Crippen LogP contribution in [0.15, 0.2) is 41.8 Å². The molecule has 2 heteroatoms. The van der Waals surface area contributed by atoms with Gasteiger partial charge in [0.25, 0.3) is 0 Å². The van der Waals surface area contributed by atoms with Gasteiger partial charge in [0, 0.05) is 19.4 Å². The molecular formula is C9H12N2. The van der Waals surface area contributed by atoms with Gasteiger partial charge < -0.3 is 4.90 Å². The van der Waals surface area contributed by atoms with Crippen molar-refractivity contribution < 1.29 is 0 Å². The summed E-state index contributed by atoms with van der Waals surface area (Å²) in [4.78, 5) is 6.13. The fraction of sp³-hybridized carbons (Fsp3) is 0.222. The van der Waals surface area contributed by atoms with Crippen LogP contribution in [0.2, 0.25) is 0 Å². The molecule has 1 heterocycles. The summed E-state index contributed by atoms with van der Waals surface area (Å²) < 4.78 is 0. The van der Waals surface area contributed by atoms with Gasteiger partial charge in [0.2, 0.25) is 0 Å². The maximum atomic E-state index is 4.18. The lowest BCUT2D eigenvalue weighted by Crippen LogP contribution is -2.07. The van der Waals surface area contributed by atoms with Gasteiger partial charge in [-0.15, -0.1) is 0 Å². The van der Waals surface area contributed by atoms with E-state index in [2.05, 4.69) is 11.6 Å². The molecule has 0 atom stereocenters. The molecule has 58 valence electrons. The minimum Gasteiger partial charge on any atom is -0.350 e. The van der Waals surface area contributed by atoms with Crippen LogP contribution in [0.1, 0.15) is 6.92 Å². The third-order valence-corrected chi connectivity index (χ3v) is 1.54. The first-order valence-corrected chi connectivity index (χ1v) is 3.55. The van der Waals surface area contributed by atoms with E-state index in [1.807, 2.05) is 37.2 Å². The van der Waals surface area contributed by atoms with E-state index >= 15 is 0 Å². The lowest BCUT2D eigenvalue weighted by atomic mass is 10.3. The molecule has 0 aromatic carbocycles. The first-order chi connectivity index (χ1) is 5.25. The van der Waals surface area contributed by atoms with E-state index in [0.717, 1.165) is 11.4 Å². The molecule has 0 saturated carbocycles. The second-order valence-electron chi connectivity index (χ2n) is 2.37. The molecule has 0 aromatic heterocycles. The van der Waals surface area contributed by atoms with E-state index in [1.165, 1.54) is 0 Å². The molecule has 1 aliphatic heterocycles. The molecule has 0 unspecified atom stereocenters. The van der Waals surface area contributed by atoms with Crippen LogP contribution >= 0.6 is 0 Å². The van der Waals surface area contributed by atoms with Crippen LogP contribution < -0.4 is 0 Å².